The van der Waals surface area contributed by atoms with Crippen LogP contribution in [0.15, 0.2) is 21.6 Å². The van der Waals surface area contributed by atoms with Crippen molar-refractivity contribution in [2.24, 2.45) is 10.4 Å². The average molecular weight is 362 g/mol. The van der Waals surface area contributed by atoms with Gasteiger partial charge in [0, 0.05) is 17.6 Å². The smallest absolute Gasteiger partial charge is 0.174 e. The highest BCUT2D eigenvalue weighted by atomic mass is 79.9. The van der Waals surface area contributed by atoms with Crippen LogP contribution in [0.2, 0.25) is 0 Å². The van der Waals surface area contributed by atoms with Gasteiger partial charge in [-0.05, 0) is 50.2 Å². The molecule has 1 aliphatic carbocycles. The highest BCUT2D eigenvalue weighted by molar-refractivity contribution is 9.10. The fourth-order valence-electron chi connectivity index (χ4n) is 3.11. The molecule has 5 heteroatoms. The van der Waals surface area contributed by atoms with Crippen LogP contribution in [0.25, 0.3) is 0 Å². The van der Waals surface area contributed by atoms with Crippen LogP contribution in [0.5, 0.6) is 0 Å². The first kappa shape index (κ1) is 15.4. The number of halogens is 1. The molecular formula is C17H20BrN3O. The maximum absolute atomic E-state index is 9.59. The Bertz CT molecular complexity index is 622. The molecule has 0 unspecified atom stereocenters. The fourth-order valence-corrected chi connectivity index (χ4v) is 3.55. The Hall–Kier alpha value is -1.54. The van der Waals surface area contributed by atoms with E-state index >= 15 is 0 Å². The fraction of sp³-hybridized carbons (Fsp3) is 0.529. The summed E-state index contributed by atoms with van der Waals surface area (Å²) in [6, 6.07) is 6.22. The lowest BCUT2D eigenvalue weighted by molar-refractivity contribution is 0.344. The molecule has 22 heavy (non-hydrogen) atoms. The molecule has 1 spiro atoms. The summed E-state index contributed by atoms with van der Waals surface area (Å²) in [6.45, 7) is 4.53. The molecule has 116 valence electrons. The number of aliphatic imine (C=N–C) groups is 1. The minimum atomic E-state index is 0.570. The lowest BCUT2D eigenvalue weighted by Crippen LogP contribution is -2.34. The zero-order valence-electron chi connectivity index (χ0n) is 12.8. The standard InChI is InChI=1S/C17H20BrN3O/c1-2-22-12-20-15-9-13(18)10-16(14(15)11-19)21-7-5-17(3-4-17)6-8-21/h9-10,12H,2-8H2,1H3. The third-order valence-electron chi connectivity index (χ3n) is 4.73. The quantitative estimate of drug-likeness (QED) is 0.589. The van der Waals surface area contributed by atoms with Crippen LogP contribution in [-0.2, 0) is 4.74 Å². The van der Waals surface area contributed by atoms with Crippen LogP contribution in [0.4, 0.5) is 11.4 Å². The molecule has 1 aliphatic heterocycles. The maximum Gasteiger partial charge on any atom is 0.174 e. The molecule has 0 amide bonds. The van der Waals surface area contributed by atoms with Gasteiger partial charge in [-0.1, -0.05) is 15.9 Å². The van der Waals surface area contributed by atoms with E-state index in [1.165, 1.54) is 32.1 Å². The summed E-state index contributed by atoms with van der Waals surface area (Å²) in [5.41, 5.74) is 2.90. The summed E-state index contributed by atoms with van der Waals surface area (Å²) < 4.78 is 6.11. The molecule has 1 saturated carbocycles. The van der Waals surface area contributed by atoms with Crippen LogP contribution in [0, 0.1) is 16.7 Å². The highest BCUT2D eigenvalue weighted by Gasteiger charge is 2.44. The summed E-state index contributed by atoms with van der Waals surface area (Å²) >= 11 is 3.54. The molecule has 2 aliphatic rings. The first-order valence-corrected chi connectivity index (χ1v) is 8.59. The number of anilines is 1. The van der Waals surface area contributed by atoms with E-state index in [1.54, 1.807) is 0 Å². The van der Waals surface area contributed by atoms with Crippen LogP contribution < -0.4 is 4.90 Å². The molecule has 1 aromatic rings. The maximum atomic E-state index is 9.59. The summed E-state index contributed by atoms with van der Waals surface area (Å²) in [6.07, 6.45) is 6.66. The zero-order chi connectivity index (χ0) is 15.6. The molecule has 1 saturated heterocycles. The third-order valence-corrected chi connectivity index (χ3v) is 5.19. The molecule has 4 nitrogen and oxygen atoms in total. The minimum absolute atomic E-state index is 0.570. The second kappa shape index (κ2) is 6.29. The van der Waals surface area contributed by atoms with E-state index in [9.17, 15) is 5.26 Å². The molecule has 1 aromatic carbocycles. The number of nitriles is 1. The van der Waals surface area contributed by atoms with Crippen molar-refractivity contribution < 1.29 is 4.74 Å². The van der Waals surface area contributed by atoms with Gasteiger partial charge in [0.2, 0.25) is 0 Å². The number of ether oxygens (including phenoxy) is 1. The predicted octanol–water partition coefficient (Wildman–Crippen LogP) is 4.40. The SMILES string of the molecule is CCOC=Nc1cc(Br)cc(N2CCC3(CC2)CC3)c1C#N. The highest BCUT2D eigenvalue weighted by Crippen LogP contribution is 2.54. The Morgan fingerprint density at radius 1 is 1.36 bits per heavy atom. The van der Waals surface area contributed by atoms with Gasteiger partial charge < -0.3 is 9.64 Å². The van der Waals surface area contributed by atoms with Gasteiger partial charge in [-0.3, -0.25) is 0 Å². The van der Waals surface area contributed by atoms with Crippen molar-refractivity contribution in [1.29, 1.82) is 5.26 Å². The van der Waals surface area contributed by atoms with E-state index in [2.05, 4.69) is 31.9 Å². The third kappa shape index (κ3) is 3.12. The van der Waals surface area contributed by atoms with Crippen molar-refractivity contribution >= 4 is 33.7 Å². The van der Waals surface area contributed by atoms with Gasteiger partial charge in [0.05, 0.1) is 18.0 Å². The van der Waals surface area contributed by atoms with Crippen molar-refractivity contribution in [2.45, 2.75) is 32.6 Å². The number of rotatable bonds is 4. The summed E-state index contributed by atoms with van der Waals surface area (Å²) in [7, 11) is 0. The van der Waals surface area contributed by atoms with Gasteiger partial charge in [0.15, 0.2) is 6.40 Å². The summed E-state index contributed by atoms with van der Waals surface area (Å²) in [5.74, 6) is 0. The molecule has 0 bridgehead atoms. The Morgan fingerprint density at radius 3 is 2.68 bits per heavy atom. The van der Waals surface area contributed by atoms with E-state index < -0.39 is 0 Å². The van der Waals surface area contributed by atoms with Crippen molar-refractivity contribution in [1.82, 2.24) is 0 Å². The first-order chi connectivity index (χ1) is 10.7. The van der Waals surface area contributed by atoms with Gasteiger partial charge in [0.1, 0.15) is 11.6 Å². The van der Waals surface area contributed by atoms with Crippen molar-refractivity contribution in [3.63, 3.8) is 0 Å². The Balaban J connectivity index is 1.88. The predicted molar refractivity (Wildman–Crippen MR) is 91.7 cm³/mol. The Labute approximate surface area is 139 Å². The topological polar surface area (TPSA) is 48.6 Å². The van der Waals surface area contributed by atoms with Crippen molar-refractivity contribution in [3.8, 4) is 6.07 Å². The Morgan fingerprint density at radius 2 is 2.09 bits per heavy atom. The van der Waals surface area contributed by atoms with Gasteiger partial charge in [0.25, 0.3) is 0 Å². The molecular weight excluding hydrogens is 342 g/mol. The van der Waals surface area contributed by atoms with Gasteiger partial charge >= 0.3 is 0 Å². The van der Waals surface area contributed by atoms with Gasteiger partial charge in [-0.25, -0.2) is 4.99 Å². The molecule has 0 radical (unpaired) electrons. The first-order valence-electron chi connectivity index (χ1n) is 7.80. The largest absolute Gasteiger partial charge is 0.483 e. The lowest BCUT2D eigenvalue weighted by atomic mass is 9.93. The average Bonchev–Trinajstić information content (AvgIpc) is 3.27. The van der Waals surface area contributed by atoms with Crippen molar-refractivity contribution in [3.05, 3.63) is 22.2 Å². The van der Waals surface area contributed by atoms with Crippen molar-refractivity contribution in [2.75, 3.05) is 24.6 Å². The van der Waals surface area contributed by atoms with E-state index in [0.29, 0.717) is 23.3 Å². The monoisotopic (exact) mass is 361 g/mol. The second-order valence-corrected chi connectivity index (χ2v) is 7.02. The molecule has 3 rings (SSSR count). The van der Waals surface area contributed by atoms with Crippen LogP contribution in [0.3, 0.4) is 0 Å². The van der Waals surface area contributed by atoms with Crippen LogP contribution in [0.1, 0.15) is 38.2 Å². The number of nitrogens with zero attached hydrogens (tertiary/aromatic N) is 3. The van der Waals surface area contributed by atoms with Crippen LogP contribution in [-0.4, -0.2) is 26.1 Å². The van der Waals surface area contributed by atoms with E-state index in [1.807, 2.05) is 19.1 Å². The molecule has 1 heterocycles. The molecule has 0 aromatic heterocycles. The van der Waals surface area contributed by atoms with E-state index in [4.69, 9.17) is 4.74 Å². The number of hydrogen-bond acceptors (Lipinski definition) is 4. The normalized spacial score (nSPS) is 19.4. The van der Waals surface area contributed by atoms with Crippen LogP contribution >= 0.6 is 15.9 Å². The van der Waals surface area contributed by atoms with Gasteiger partial charge in [-0.15, -0.1) is 0 Å². The summed E-state index contributed by atoms with van der Waals surface area (Å²) in [4.78, 5) is 6.62. The van der Waals surface area contributed by atoms with E-state index in [-0.39, 0.29) is 0 Å². The van der Waals surface area contributed by atoms with E-state index in [0.717, 1.165) is 23.2 Å². The lowest BCUT2D eigenvalue weighted by Gasteiger charge is -2.34. The number of hydrogen-bond donors (Lipinski definition) is 0. The zero-order valence-corrected chi connectivity index (χ0v) is 14.4. The number of benzene rings is 1. The molecule has 0 N–H and O–H groups in total. The van der Waals surface area contributed by atoms with Gasteiger partial charge in [-0.2, -0.15) is 5.26 Å². The summed E-state index contributed by atoms with van der Waals surface area (Å²) in [5, 5.41) is 9.59. The minimum Gasteiger partial charge on any atom is -0.483 e. The second-order valence-electron chi connectivity index (χ2n) is 6.11. The molecule has 2 fully saturated rings. The number of piperidine rings is 1. The Kier molecular flexibility index (Phi) is 4.39. The molecule has 0 atom stereocenters.